The maximum atomic E-state index is 11.3. The molecular weight excluding hydrogens is 206 g/mol. The molecule has 2 atom stereocenters. The molecule has 1 aliphatic carbocycles. The van der Waals surface area contributed by atoms with E-state index in [1.54, 1.807) is 11.3 Å². The van der Waals surface area contributed by atoms with Gasteiger partial charge in [-0.3, -0.25) is 0 Å². The number of hydrogen-bond donors (Lipinski definition) is 0. The average Bonchev–Trinajstić information content (AvgIpc) is 2.75. The zero-order chi connectivity index (χ0) is 10.9. The molecular formula is C12H17NOS. The summed E-state index contributed by atoms with van der Waals surface area (Å²) >= 11 is 1.67. The number of carbonyl (C=O) groups excluding carboxylic acids is 1. The topological polar surface area (TPSA) is 30.0 Å². The number of thiazole rings is 1. The Hall–Kier alpha value is -0.700. The van der Waals surface area contributed by atoms with Crippen molar-refractivity contribution in [3.8, 4) is 0 Å². The molecule has 15 heavy (non-hydrogen) atoms. The van der Waals surface area contributed by atoms with E-state index in [9.17, 15) is 4.79 Å². The van der Waals surface area contributed by atoms with E-state index >= 15 is 0 Å². The lowest BCUT2D eigenvalue weighted by Crippen LogP contribution is -2.22. The Labute approximate surface area is 94.7 Å². The van der Waals surface area contributed by atoms with Gasteiger partial charge in [0, 0.05) is 17.2 Å². The summed E-state index contributed by atoms with van der Waals surface area (Å²) in [4.78, 5) is 15.7. The van der Waals surface area contributed by atoms with E-state index in [4.69, 9.17) is 0 Å². The molecule has 1 aromatic rings. The van der Waals surface area contributed by atoms with Gasteiger partial charge in [-0.15, -0.1) is 11.3 Å². The lowest BCUT2D eigenvalue weighted by molar-refractivity contribution is -0.116. The Morgan fingerprint density at radius 2 is 2.53 bits per heavy atom. The molecule has 0 spiro atoms. The minimum absolute atomic E-state index is 0.111. The number of aldehydes is 1. The van der Waals surface area contributed by atoms with Crippen molar-refractivity contribution in [2.75, 3.05) is 0 Å². The Balaban J connectivity index is 2.12. The summed E-state index contributed by atoms with van der Waals surface area (Å²) in [6.45, 7) is 4.25. The fourth-order valence-corrected chi connectivity index (χ4v) is 3.20. The molecule has 82 valence electrons. The van der Waals surface area contributed by atoms with Crippen molar-refractivity contribution < 1.29 is 4.79 Å². The van der Waals surface area contributed by atoms with E-state index < -0.39 is 0 Å². The van der Waals surface area contributed by atoms with Crippen molar-refractivity contribution in [1.82, 2.24) is 4.98 Å². The maximum absolute atomic E-state index is 11.3. The molecule has 1 aromatic heterocycles. The van der Waals surface area contributed by atoms with Gasteiger partial charge in [0.1, 0.15) is 6.29 Å². The van der Waals surface area contributed by atoms with Gasteiger partial charge in [-0.05, 0) is 32.1 Å². The van der Waals surface area contributed by atoms with Crippen LogP contribution < -0.4 is 0 Å². The number of hydrogen-bond acceptors (Lipinski definition) is 3. The standard InChI is InChI=1S/C12H17NOS/c1-9-3-4-12(5-9,8-14)6-11-7-15-10(2)13-11/h7-9H,3-6H2,1-2H3. The third-order valence-electron chi connectivity index (χ3n) is 3.34. The van der Waals surface area contributed by atoms with Gasteiger partial charge in [-0.2, -0.15) is 0 Å². The first-order valence-corrected chi connectivity index (χ1v) is 6.39. The molecule has 1 aliphatic rings. The van der Waals surface area contributed by atoms with Crippen LogP contribution in [0, 0.1) is 18.3 Å². The second-order valence-electron chi connectivity index (χ2n) is 4.86. The van der Waals surface area contributed by atoms with Crippen LogP contribution in [0.5, 0.6) is 0 Å². The molecule has 1 heterocycles. The lowest BCUT2D eigenvalue weighted by atomic mass is 9.82. The molecule has 0 amide bonds. The second kappa shape index (κ2) is 4.05. The van der Waals surface area contributed by atoms with E-state index in [1.807, 2.05) is 6.92 Å². The van der Waals surface area contributed by atoms with Crippen LogP contribution in [0.4, 0.5) is 0 Å². The monoisotopic (exact) mass is 223 g/mol. The predicted molar refractivity (Wildman–Crippen MR) is 62.1 cm³/mol. The molecule has 1 fully saturated rings. The van der Waals surface area contributed by atoms with Crippen LogP contribution in [0.15, 0.2) is 5.38 Å². The van der Waals surface area contributed by atoms with Crippen molar-refractivity contribution >= 4 is 17.6 Å². The van der Waals surface area contributed by atoms with Gasteiger partial charge in [0.05, 0.1) is 10.7 Å². The summed E-state index contributed by atoms with van der Waals surface area (Å²) in [6.07, 6.45) is 5.26. The summed E-state index contributed by atoms with van der Waals surface area (Å²) in [5.41, 5.74) is 0.985. The highest BCUT2D eigenvalue weighted by Crippen LogP contribution is 2.42. The highest BCUT2D eigenvalue weighted by molar-refractivity contribution is 7.09. The molecule has 2 unspecified atom stereocenters. The molecule has 0 bridgehead atoms. The summed E-state index contributed by atoms with van der Waals surface area (Å²) in [5.74, 6) is 0.690. The lowest BCUT2D eigenvalue weighted by Gasteiger charge is -2.20. The summed E-state index contributed by atoms with van der Waals surface area (Å²) in [5, 5.41) is 3.18. The van der Waals surface area contributed by atoms with Crippen molar-refractivity contribution in [2.24, 2.45) is 11.3 Å². The number of rotatable bonds is 3. The molecule has 0 aliphatic heterocycles. The summed E-state index contributed by atoms with van der Waals surface area (Å²) in [6, 6.07) is 0. The van der Waals surface area contributed by atoms with E-state index in [0.29, 0.717) is 5.92 Å². The Kier molecular flexibility index (Phi) is 2.91. The summed E-state index contributed by atoms with van der Waals surface area (Å²) < 4.78 is 0. The van der Waals surface area contributed by atoms with E-state index in [2.05, 4.69) is 17.3 Å². The minimum Gasteiger partial charge on any atom is -0.303 e. The fraction of sp³-hybridized carbons (Fsp3) is 0.667. The van der Waals surface area contributed by atoms with E-state index in [1.165, 1.54) is 12.7 Å². The third-order valence-corrected chi connectivity index (χ3v) is 4.16. The van der Waals surface area contributed by atoms with Crippen molar-refractivity contribution in [1.29, 1.82) is 0 Å². The quantitative estimate of drug-likeness (QED) is 0.737. The normalized spacial score (nSPS) is 30.7. The summed E-state index contributed by atoms with van der Waals surface area (Å²) in [7, 11) is 0. The van der Waals surface area contributed by atoms with Crippen LogP contribution in [0.3, 0.4) is 0 Å². The Morgan fingerprint density at radius 1 is 1.73 bits per heavy atom. The van der Waals surface area contributed by atoms with Crippen molar-refractivity contribution in [2.45, 2.75) is 39.5 Å². The van der Waals surface area contributed by atoms with Gasteiger partial charge >= 0.3 is 0 Å². The van der Waals surface area contributed by atoms with Gasteiger partial charge in [-0.1, -0.05) is 6.92 Å². The fourth-order valence-electron chi connectivity index (χ4n) is 2.59. The number of aryl methyl sites for hydroxylation is 1. The van der Waals surface area contributed by atoms with Crippen LogP contribution in [-0.4, -0.2) is 11.3 Å². The zero-order valence-electron chi connectivity index (χ0n) is 9.32. The van der Waals surface area contributed by atoms with Crippen molar-refractivity contribution in [3.05, 3.63) is 16.1 Å². The van der Waals surface area contributed by atoms with Crippen LogP contribution >= 0.6 is 11.3 Å². The highest BCUT2D eigenvalue weighted by Gasteiger charge is 2.37. The smallest absolute Gasteiger partial charge is 0.126 e. The molecule has 0 N–H and O–H groups in total. The number of carbonyl (C=O) groups is 1. The third kappa shape index (κ3) is 2.28. The SMILES string of the molecule is Cc1nc(CC2(C=O)CCC(C)C2)cs1. The van der Waals surface area contributed by atoms with Gasteiger partial charge in [0.25, 0.3) is 0 Å². The molecule has 0 radical (unpaired) electrons. The first-order chi connectivity index (χ1) is 7.13. The van der Waals surface area contributed by atoms with Crippen molar-refractivity contribution in [3.63, 3.8) is 0 Å². The molecule has 2 rings (SSSR count). The number of aromatic nitrogens is 1. The predicted octanol–water partition coefficient (Wildman–Crippen LogP) is 3.00. The van der Waals surface area contributed by atoms with Crippen LogP contribution in [0.2, 0.25) is 0 Å². The van der Waals surface area contributed by atoms with Gasteiger partial charge in [0.15, 0.2) is 0 Å². The highest BCUT2D eigenvalue weighted by atomic mass is 32.1. The molecule has 2 nitrogen and oxygen atoms in total. The molecule has 0 aromatic carbocycles. The number of nitrogens with zero attached hydrogens (tertiary/aromatic N) is 1. The first kappa shape index (κ1) is 10.8. The largest absolute Gasteiger partial charge is 0.303 e. The minimum atomic E-state index is -0.111. The molecule has 1 saturated carbocycles. The maximum Gasteiger partial charge on any atom is 0.126 e. The van der Waals surface area contributed by atoms with Gasteiger partial charge < -0.3 is 4.79 Å². The second-order valence-corrected chi connectivity index (χ2v) is 5.93. The van der Waals surface area contributed by atoms with Gasteiger partial charge in [-0.25, -0.2) is 4.98 Å². The average molecular weight is 223 g/mol. The van der Waals surface area contributed by atoms with E-state index in [-0.39, 0.29) is 5.41 Å². The Morgan fingerprint density at radius 3 is 3.00 bits per heavy atom. The van der Waals surface area contributed by atoms with E-state index in [0.717, 1.165) is 30.0 Å². The zero-order valence-corrected chi connectivity index (χ0v) is 10.1. The Bertz CT molecular complexity index is 360. The molecule has 3 heteroatoms. The van der Waals surface area contributed by atoms with Gasteiger partial charge in [0.2, 0.25) is 0 Å². The van der Waals surface area contributed by atoms with Crippen LogP contribution in [-0.2, 0) is 11.2 Å². The van der Waals surface area contributed by atoms with Crippen LogP contribution in [0.1, 0.15) is 36.9 Å². The molecule has 0 saturated heterocycles. The van der Waals surface area contributed by atoms with Crippen LogP contribution in [0.25, 0.3) is 0 Å². The first-order valence-electron chi connectivity index (χ1n) is 5.51.